The Hall–Kier alpha value is -0.0600. The van der Waals surface area contributed by atoms with Gasteiger partial charge in [-0.15, -0.1) is 11.3 Å². The van der Waals surface area contributed by atoms with Crippen LogP contribution in [0.2, 0.25) is 0 Å². The number of rotatable bonds is 8. The highest BCUT2D eigenvalue weighted by atomic mass is 32.2. The van der Waals surface area contributed by atoms with Gasteiger partial charge in [-0.05, 0) is 19.4 Å². The Kier molecular flexibility index (Phi) is 7.56. The van der Waals surface area contributed by atoms with Crippen LogP contribution in [0, 0.1) is 0 Å². The van der Waals surface area contributed by atoms with E-state index in [-0.39, 0.29) is 5.41 Å². The molecule has 0 aliphatic rings. The molecule has 1 atom stereocenters. The van der Waals surface area contributed by atoms with E-state index >= 15 is 0 Å². The lowest BCUT2D eigenvalue weighted by Gasteiger charge is -2.17. The molecular formula is C16H30N2S2. The van der Waals surface area contributed by atoms with Crippen LogP contribution >= 0.6 is 23.1 Å². The first-order chi connectivity index (χ1) is 9.38. The molecule has 0 amide bonds. The predicted molar refractivity (Wildman–Crippen MR) is 93.9 cm³/mol. The number of hydrogen-bond donors (Lipinski definition) is 1. The molecule has 1 heterocycles. The highest BCUT2D eigenvalue weighted by Crippen LogP contribution is 2.32. The fourth-order valence-corrected chi connectivity index (χ4v) is 4.09. The van der Waals surface area contributed by atoms with Gasteiger partial charge in [0.25, 0.3) is 0 Å². The van der Waals surface area contributed by atoms with Crippen molar-refractivity contribution in [2.45, 2.75) is 77.3 Å². The van der Waals surface area contributed by atoms with Gasteiger partial charge in [0, 0.05) is 27.8 Å². The van der Waals surface area contributed by atoms with Gasteiger partial charge in [0.1, 0.15) is 5.01 Å². The number of thioether (sulfide) groups is 1. The number of hydrogen-bond acceptors (Lipinski definition) is 4. The summed E-state index contributed by atoms with van der Waals surface area (Å²) >= 11 is 3.91. The van der Waals surface area contributed by atoms with Gasteiger partial charge in [-0.2, -0.15) is 11.8 Å². The smallest absolute Gasteiger partial charge is 0.103 e. The molecule has 0 radical (unpaired) electrons. The fourth-order valence-electron chi connectivity index (χ4n) is 1.88. The van der Waals surface area contributed by atoms with E-state index in [1.807, 2.05) is 23.1 Å². The molecule has 0 saturated carbocycles. The van der Waals surface area contributed by atoms with Crippen molar-refractivity contribution in [1.29, 1.82) is 0 Å². The second kappa shape index (κ2) is 8.40. The van der Waals surface area contributed by atoms with Crippen molar-refractivity contribution < 1.29 is 0 Å². The molecular weight excluding hydrogens is 284 g/mol. The Balaban J connectivity index is 2.77. The number of nitrogens with one attached hydrogen (secondary N) is 1. The van der Waals surface area contributed by atoms with Crippen molar-refractivity contribution in [2.24, 2.45) is 0 Å². The molecule has 116 valence electrons. The largest absolute Gasteiger partial charge is 0.312 e. The van der Waals surface area contributed by atoms with Gasteiger partial charge in [0.2, 0.25) is 0 Å². The highest BCUT2D eigenvalue weighted by Gasteiger charge is 2.23. The molecule has 0 aromatic carbocycles. The molecule has 0 saturated heterocycles. The number of aromatic nitrogens is 1. The maximum atomic E-state index is 4.92. The molecule has 20 heavy (non-hydrogen) atoms. The number of nitrogens with zero attached hydrogens (tertiary/aromatic N) is 1. The summed E-state index contributed by atoms with van der Waals surface area (Å²) in [6, 6.07) is 0. The van der Waals surface area contributed by atoms with Crippen LogP contribution in [0.1, 0.15) is 70.0 Å². The minimum atomic E-state index is 0.138. The van der Waals surface area contributed by atoms with E-state index in [4.69, 9.17) is 4.98 Å². The third kappa shape index (κ3) is 5.74. The maximum absolute atomic E-state index is 4.92. The lowest BCUT2D eigenvalue weighted by atomic mass is 9.91. The molecule has 0 aliphatic heterocycles. The SMILES string of the molecule is CCCNCc1sc(CSC(C)CC)nc1C(C)(C)C. The van der Waals surface area contributed by atoms with Crippen LogP contribution in [-0.4, -0.2) is 16.8 Å². The standard InChI is InChI=1S/C16H30N2S2/c1-7-9-17-10-13-15(16(4,5)6)18-14(20-13)11-19-12(3)8-2/h12,17H,7-11H2,1-6H3. The van der Waals surface area contributed by atoms with Crippen molar-refractivity contribution in [2.75, 3.05) is 6.54 Å². The van der Waals surface area contributed by atoms with E-state index in [1.165, 1.54) is 28.4 Å². The van der Waals surface area contributed by atoms with Gasteiger partial charge >= 0.3 is 0 Å². The summed E-state index contributed by atoms with van der Waals surface area (Å²) in [7, 11) is 0. The monoisotopic (exact) mass is 314 g/mol. The Bertz CT molecular complexity index is 394. The van der Waals surface area contributed by atoms with E-state index in [2.05, 4.69) is 46.9 Å². The van der Waals surface area contributed by atoms with Crippen LogP contribution in [0.25, 0.3) is 0 Å². The molecule has 1 rings (SSSR count). The third-order valence-corrected chi connectivity index (χ3v) is 5.81. The van der Waals surface area contributed by atoms with Crippen LogP contribution in [0.5, 0.6) is 0 Å². The topological polar surface area (TPSA) is 24.9 Å². The zero-order valence-electron chi connectivity index (χ0n) is 13.9. The van der Waals surface area contributed by atoms with Crippen LogP contribution in [0.4, 0.5) is 0 Å². The highest BCUT2D eigenvalue weighted by molar-refractivity contribution is 7.99. The molecule has 0 fully saturated rings. The molecule has 1 unspecified atom stereocenters. The summed E-state index contributed by atoms with van der Waals surface area (Å²) in [5.74, 6) is 1.05. The summed E-state index contributed by atoms with van der Waals surface area (Å²) in [6.07, 6.45) is 2.41. The van der Waals surface area contributed by atoms with Crippen LogP contribution in [0.3, 0.4) is 0 Å². The van der Waals surface area contributed by atoms with Gasteiger partial charge in [0.15, 0.2) is 0 Å². The van der Waals surface area contributed by atoms with Crippen molar-refractivity contribution in [1.82, 2.24) is 10.3 Å². The minimum Gasteiger partial charge on any atom is -0.312 e. The van der Waals surface area contributed by atoms with Crippen molar-refractivity contribution in [3.05, 3.63) is 15.6 Å². The molecule has 4 heteroatoms. The lowest BCUT2D eigenvalue weighted by molar-refractivity contribution is 0.558. The second-order valence-electron chi connectivity index (χ2n) is 6.34. The van der Waals surface area contributed by atoms with E-state index < -0.39 is 0 Å². The van der Waals surface area contributed by atoms with Gasteiger partial charge < -0.3 is 5.32 Å². The fraction of sp³-hybridized carbons (Fsp3) is 0.812. The minimum absolute atomic E-state index is 0.138. The van der Waals surface area contributed by atoms with Gasteiger partial charge in [-0.3, -0.25) is 0 Å². The molecule has 0 aliphatic carbocycles. The predicted octanol–water partition coefficient (Wildman–Crippen LogP) is 4.97. The summed E-state index contributed by atoms with van der Waals surface area (Å²) in [5, 5.41) is 5.52. The maximum Gasteiger partial charge on any atom is 0.103 e. The quantitative estimate of drug-likeness (QED) is 0.686. The van der Waals surface area contributed by atoms with E-state index in [0.29, 0.717) is 0 Å². The first-order valence-electron chi connectivity index (χ1n) is 7.69. The van der Waals surface area contributed by atoms with Gasteiger partial charge in [0.05, 0.1) is 5.69 Å². The Morgan fingerprint density at radius 2 is 2.00 bits per heavy atom. The average molecular weight is 315 g/mol. The average Bonchev–Trinajstić information content (AvgIpc) is 2.79. The normalized spacial score (nSPS) is 13.7. The Labute approximate surface area is 133 Å². The summed E-state index contributed by atoms with van der Waals surface area (Å²) in [5.41, 5.74) is 1.42. The lowest BCUT2D eigenvalue weighted by Crippen LogP contribution is -2.19. The van der Waals surface area contributed by atoms with Gasteiger partial charge in [-0.25, -0.2) is 4.98 Å². The Morgan fingerprint density at radius 1 is 1.30 bits per heavy atom. The van der Waals surface area contributed by atoms with E-state index in [1.54, 1.807) is 0 Å². The van der Waals surface area contributed by atoms with Crippen molar-refractivity contribution in [3.63, 3.8) is 0 Å². The summed E-state index contributed by atoms with van der Waals surface area (Å²) in [6.45, 7) is 15.6. The molecule has 0 spiro atoms. The molecule has 0 bridgehead atoms. The second-order valence-corrected chi connectivity index (χ2v) is 8.93. The molecule has 1 aromatic heterocycles. The first-order valence-corrected chi connectivity index (χ1v) is 9.56. The molecule has 1 N–H and O–H groups in total. The zero-order valence-corrected chi connectivity index (χ0v) is 15.5. The zero-order chi connectivity index (χ0) is 15.2. The van der Waals surface area contributed by atoms with E-state index in [9.17, 15) is 0 Å². The first kappa shape index (κ1) is 18.0. The van der Waals surface area contributed by atoms with Crippen molar-refractivity contribution in [3.8, 4) is 0 Å². The summed E-state index contributed by atoms with van der Waals surface area (Å²) in [4.78, 5) is 6.35. The van der Waals surface area contributed by atoms with Crippen LogP contribution in [-0.2, 0) is 17.7 Å². The van der Waals surface area contributed by atoms with Crippen LogP contribution < -0.4 is 5.32 Å². The van der Waals surface area contributed by atoms with Crippen molar-refractivity contribution >= 4 is 23.1 Å². The van der Waals surface area contributed by atoms with Crippen LogP contribution in [0.15, 0.2) is 0 Å². The summed E-state index contributed by atoms with van der Waals surface area (Å²) < 4.78 is 0. The third-order valence-electron chi connectivity index (χ3n) is 3.23. The Morgan fingerprint density at radius 3 is 2.55 bits per heavy atom. The van der Waals surface area contributed by atoms with E-state index in [0.717, 1.165) is 24.1 Å². The van der Waals surface area contributed by atoms with Gasteiger partial charge in [-0.1, -0.05) is 41.5 Å². The molecule has 2 nitrogen and oxygen atoms in total. The number of thiazole rings is 1. The molecule has 1 aromatic rings.